The molecule has 0 amide bonds. The molecule has 19 heavy (non-hydrogen) atoms. The molecule has 1 heterocycles. The fraction of sp³-hybridized carbons (Fsp3) is 0.154. The van der Waals surface area contributed by atoms with Gasteiger partial charge >= 0.3 is 6.36 Å². The average Bonchev–Trinajstić information content (AvgIpc) is 2.28. The van der Waals surface area contributed by atoms with Crippen LogP contribution in [-0.4, -0.2) is 11.3 Å². The Morgan fingerprint density at radius 2 is 1.68 bits per heavy atom. The van der Waals surface area contributed by atoms with E-state index in [1.165, 1.54) is 24.3 Å². The summed E-state index contributed by atoms with van der Waals surface area (Å²) in [5, 5.41) is 0. The Bertz CT molecular complexity index is 579. The van der Waals surface area contributed by atoms with Gasteiger partial charge in [0.15, 0.2) is 0 Å². The lowest BCUT2D eigenvalue weighted by atomic mass is 10.1. The van der Waals surface area contributed by atoms with Gasteiger partial charge in [-0.2, -0.15) is 0 Å². The van der Waals surface area contributed by atoms with Crippen LogP contribution >= 0.6 is 0 Å². The smallest absolute Gasteiger partial charge is 0.406 e. The van der Waals surface area contributed by atoms with Crippen LogP contribution in [-0.2, 0) is 0 Å². The molecular weight excluding hydrogens is 257 g/mol. The molecule has 0 aliphatic carbocycles. The molecule has 2 N–H and O–H groups in total. The predicted molar refractivity (Wildman–Crippen MR) is 65.5 cm³/mol. The van der Waals surface area contributed by atoms with E-state index in [1.54, 1.807) is 19.1 Å². The summed E-state index contributed by atoms with van der Waals surface area (Å²) in [5.74, 6) is 0.0689. The predicted octanol–water partition coefficient (Wildman–Crippen LogP) is 3.54. The minimum atomic E-state index is -4.69. The van der Waals surface area contributed by atoms with Crippen LogP contribution in [0.1, 0.15) is 5.69 Å². The van der Waals surface area contributed by atoms with Crippen molar-refractivity contribution < 1.29 is 17.9 Å². The first-order valence-electron chi connectivity index (χ1n) is 5.44. The van der Waals surface area contributed by atoms with E-state index in [1.807, 2.05) is 0 Å². The fourth-order valence-electron chi connectivity index (χ4n) is 1.66. The van der Waals surface area contributed by atoms with Gasteiger partial charge in [0.2, 0.25) is 0 Å². The SMILES string of the molecule is Cc1ccc(-c2ccc(OC(F)(F)F)cc2)c(N)n1. The van der Waals surface area contributed by atoms with E-state index in [0.29, 0.717) is 16.9 Å². The maximum absolute atomic E-state index is 12.0. The summed E-state index contributed by atoms with van der Waals surface area (Å²) in [6, 6.07) is 9.04. The van der Waals surface area contributed by atoms with Gasteiger partial charge in [0.25, 0.3) is 0 Å². The number of nitrogens with two attached hydrogens (primary N) is 1. The molecular formula is C13H11F3N2O. The Balaban J connectivity index is 2.27. The summed E-state index contributed by atoms with van der Waals surface area (Å²) in [4.78, 5) is 4.10. The number of alkyl halides is 3. The monoisotopic (exact) mass is 268 g/mol. The molecule has 1 aromatic heterocycles. The molecule has 3 nitrogen and oxygen atoms in total. The van der Waals surface area contributed by atoms with Gasteiger partial charge in [-0.3, -0.25) is 0 Å². The number of nitrogens with zero attached hydrogens (tertiary/aromatic N) is 1. The number of rotatable bonds is 2. The molecule has 100 valence electrons. The highest BCUT2D eigenvalue weighted by atomic mass is 19.4. The van der Waals surface area contributed by atoms with Crippen molar-refractivity contribution in [3.63, 3.8) is 0 Å². The van der Waals surface area contributed by atoms with E-state index in [2.05, 4.69) is 9.72 Å². The molecule has 0 atom stereocenters. The topological polar surface area (TPSA) is 48.1 Å². The summed E-state index contributed by atoms with van der Waals surface area (Å²) >= 11 is 0. The van der Waals surface area contributed by atoms with Crippen molar-refractivity contribution in [2.75, 3.05) is 5.73 Å². The number of anilines is 1. The maximum atomic E-state index is 12.0. The number of aromatic nitrogens is 1. The van der Waals surface area contributed by atoms with Crippen molar-refractivity contribution >= 4 is 5.82 Å². The highest BCUT2D eigenvalue weighted by molar-refractivity contribution is 5.74. The minimum absolute atomic E-state index is 0.269. The quantitative estimate of drug-likeness (QED) is 0.906. The van der Waals surface area contributed by atoms with E-state index in [-0.39, 0.29) is 5.75 Å². The van der Waals surface area contributed by atoms with Gasteiger partial charge < -0.3 is 10.5 Å². The molecule has 0 aliphatic rings. The van der Waals surface area contributed by atoms with Gasteiger partial charge in [-0.25, -0.2) is 4.98 Å². The highest BCUT2D eigenvalue weighted by Gasteiger charge is 2.30. The highest BCUT2D eigenvalue weighted by Crippen LogP contribution is 2.28. The second-order valence-corrected chi connectivity index (χ2v) is 3.96. The number of ether oxygens (including phenoxy) is 1. The lowest BCUT2D eigenvalue weighted by Gasteiger charge is -2.10. The van der Waals surface area contributed by atoms with E-state index < -0.39 is 6.36 Å². The second kappa shape index (κ2) is 4.79. The van der Waals surface area contributed by atoms with Crippen molar-refractivity contribution in [3.05, 3.63) is 42.1 Å². The molecule has 0 aliphatic heterocycles. The molecule has 2 rings (SSSR count). The van der Waals surface area contributed by atoms with Crippen LogP contribution in [0.3, 0.4) is 0 Å². The van der Waals surface area contributed by atoms with Gasteiger partial charge in [-0.15, -0.1) is 13.2 Å². The van der Waals surface area contributed by atoms with E-state index in [9.17, 15) is 13.2 Å². The molecule has 0 spiro atoms. The van der Waals surface area contributed by atoms with Gasteiger partial charge in [-0.1, -0.05) is 12.1 Å². The van der Waals surface area contributed by atoms with Crippen LogP contribution in [0, 0.1) is 6.92 Å². The Morgan fingerprint density at radius 3 is 2.21 bits per heavy atom. The molecule has 0 radical (unpaired) electrons. The molecule has 0 saturated carbocycles. The van der Waals surface area contributed by atoms with Gasteiger partial charge in [0.1, 0.15) is 11.6 Å². The summed E-state index contributed by atoms with van der Waals surface area (Å²) < 4.78 is 39.9. The Morgan fingerprint density at radius 1 is 1.05 bits per heavy atom. The lowest BCUT2D eigenvalue weighted by molar-refractivity contribution is -0.274. The largest absolute Gasteiger partial charge is 0.573 e. The summed E-state index contributed by atoms with van der Waals surface area (Å²) in [6.07, 6.45) is -4.69. The Hall–Kier alpha value is -2.24. The van der Waals surface area contributed by atoms with E-state index >= 15 is 0 Å². The lowest BCUT2D eigenvalue weighted by Crippen LogP contribution is -2.16. The molecule has 0 unspecified atom stereocenters. The van der Waals surface area contributed by atoms with E-state index in [0.717, 1.165) is 5.69 Å². The number of nitrogen functional groups attached to an aromatic ring is 1. The first-order valence-corrected chi connectivity index (χ1v) is 5.44. The van der Waals surface area contributed by atoms with E-state index in [4.69, 9.17) is 5.73 Å². The minimum Gasteiger partial charge on any atom is -0.406 e. The second-order valence-electron chi connectivity index (χ2n) is 3.96. The standard InChI is InChI=1S/C13H11F3N2O/c1-8-2-7-11(12(17)18-8)9-3-5-10(6-4-9)19-13(14,15)16/h2-7H,1H3,(H2,17,18). The Labute approximate surface area is 107 Å². The number of hydrogen-bond acceptors (Lipinski definition) is 3. The van der Waals surface area contributed by atoms with Crippen LogP contribution < -0.4 is 10.5 Å². The third-order valence-corrected chi connectivity index (χ3v) is 2.46. The molecule has 1 aromatic carbocycles. The van der Waals surface area contributed by atoms with Crippen molar-refractivity contribution in [2.24, 2.45) is 0 Å². The summed E-state index contributed by atoms with van der Waals surface area (Å²) in [7, 11) is 0. The average molecular weight is 268 g/mol. The molecule has 0 saturated heterocycles. The first kappa shape index (κ1) is 13.2. The maximum Gasteiger partial charge on any atom is 0.573 e. The summed E-state index contributed by atoms with van der Waals surface area (Å²) in [6.45, 7) is 1.81. The normalized spacial score (nSPS) is 11.4. The molecule has 0 bridgehead atoms. The van der Waals surface area contributed by atoms with Gasteiger partial charge in [0.05, 0.1) is 0 Å². The number of halogens is 3. The third-order valence-electron chi connectivity index (χ3n) is 2.46. The number of benzene rings is 1. The van der Waals surface area contributed by atoms with Crippen molar-refractivity contribution in [2.45, 2.75) is 13.3 Å². The molecule has 2 aromatic rings. The van der Waals surface area contributed by atoms with Gasteiger partial charge in [0, 0.05) is 11.3 Å². The van der Waals surface area contributed by atoms with Crippen LogP contribution in [0.2, 0.25) is 0 Å². The molecule has 0 fully saturated rings. The zero-order valence-corrected chi connectivity index (χ0v) is 10.0. The third kappa shape index (κ3) is 3.37. The Kier molecular flexibility index (Phi) is 3.33. The number of aryl methyl sites for hydroxylation is 1. The zero-order chi connectivity index (χ0) is 14.0. The van der Waals surface area contributed by atoms with Crippen molar-refractivity contribution in [1.82, 2.24) is 4.98 Å². The zero-order valence-electron chi connectivity index (χ0n) is 10.0. The number of hydrogen-bond donors (Lipinski definition) is 1. The van der Waals surface area contributed by atoms with Crippen molar-refractivity contribution in [3.8, 4) is 16.9 Å². The van der Waals surface area contributed by atoms with Crippen molar-refractivity contribution in [1.29, 1.82) is 0 Å². The van der Waals surface area contributed by atoms with Crippen LogP contribution in [0.4, 0.5) is 19.0 Å². The molecule has 6 heteroatoms. The van der Waals surface area contributed by atoms with Crippen LogP contribution in [0.25, 0.3) is 11.1 Å². The van der Waals surface area contributed by atoms with Gasteiger partial charge in [-0.05, 0) is 36.8 Å². The number of pyridine rings is 1. The van der Waals surface area contributed by atoms with Crippen LogP contribution in [0.5, 0.6) is 5.75 Å². The fourth-order valence-corrected chi connectivity index (χ4v) is 1.66. The summed E-state index contributed by atoms with van der Waals surface area (Å²) in [5.41, 5.74) is 7.90. The first-order chi connectivity index (χ1) is 8.85. The van der Waals surface area contributed by atoms with Crippen LogP contribution in [0.15, 0.2) is 36.4 Å².